The fourth-order valence-electron chi connectivity index (χ4n) is 3.63. The SMILES string of the molecule is c1ccc(-c2ccc(-c3ccccn3)c(-c3ccccn3)c2-c2ccccn2)nc1. The van der Waals surface area contributed by atoms with Crippen LogP contribution in [0, 0.1) is 0 Å². The predicted molar refractivity (Wildman–Crippen MR) is 119 cm³/mol. The highest BCUT2D eigenvalue weighted by Crippen LogP contribution is 2.43. The molecule has 142 valence electrons. The first kappa shape index (κ1) is 17.9. The summed E-state index contributed by atoms with van der Waals surface area (Å²) in [5.41, 5.74) is 7.54. The maximum absolute atomic E-state index is 4.68. The van der Waals surface area contributed by atoms with Gasteiger partial charge in [-0.25, -0.2) is 0 Å². The third-order valence-corrected chi connectivity index (χ3v) is 4.93. The van der Waals surface area contributed by atoms with E-state index >= 15 is 0 Å². The number of hydrogen-bond acceptors (Lipinski definition) is 4. The van der Waals surface area contributed by atoms with Crippen LogP contribution in [0.15, 0.2) is 110 Å². The summed E-state index contributed by atoms with van der Waals surface area (Å²) < 4.78 is 0. The summed E-state index contributed by atoms with van der Waals surface area (Å²) in [5.74, 6) is 0. The first-order valence-electron chi connectivity index (χ1n) is 9.74. The van der Waals surface area contributed by atoms with Gasteiger partial charge in [0.2, 0.25) is 0 Å². The average molecular weight is 386 g/mol. The number of hydrogen-bond donors (Lipinski definition) is 0. The molecule has 5 rings (SSSR count). The molecule has 4 heteroatoms. The molecule has 0 aliphatic carbocycles. The fourth-order valence-corrected chi connectivity index (χ4v) is 3.63. The van der Waals surface area contributed by atoms with Gasteiger partial charge in [-0.2, -0.15) is 0 Å². The molecule has 0 N–H and O–H groups in total. The van der Waals surface area contributed by atoms with Gasteiger partial charge in [0.25, 0.3) is 0 Å². The van der Waals surface area contributed by atoms with Crippen molar-refractivity contribution in [1.29, 1.82) is 0 Å². The Bertz CT molecular complexity index is 1150. The lowest BCUT2D eigenvalue weighted by atomic mass is 9.88. The Kier molecular flexibility index (Phi) is 4.80. The minimum absolute atomic E-state index is 0.872. The van der Waals surface area contributed by atoms with Gasteiger partial charge in [-0.1, -0.05) is 36.4 Å². The molecule has 30 heavy (non-hydrogen) atoms. The Morgan fingerprint density at radius 2 is 0.667 bits per heavy atom. The molecular weight excluding hydrogens is 368 g/mol. The van der Waals surface area contributed by atoms with Crippen LogP contribution >= 0.6 is 0 Å². The van der Waals surface area contributed by atoms with Crippen LogP contribution in [0.4, 0.5) is 0 Å². The lowest BCUT2D eigenvalue weighted by molar-refractivity contribution is 1.27. The Morgan fingerprint density at radius 3 is 0.967 bits per heavy atom. The first-order valence-corrected chi connectivity index (χ1v) is 9.74. The van der Waals surface area contributed by atoms with E-state index in [1.54, 1.807) is 0 Å². The van der Waals surface area contributed by atoms with Gasteiger partial charge in [0.1, 0.15) is 0 Å². The number of aromatic nitrogens is 4. The maximum Gasteiger partial charge on any atom is 0.0715 e. The van der Waals surface area contributed by atoms with E-state index in [-0.39, 0.29) is 0 Å². The molecule has 0 radical (unpaired) electrons. The van der Waals surface area contributed by atoms with E-state index in [0.717, 1.165) is 45.0 Å². The molecule has 4 aromatic heterocycles. The van der Waals surface area contributed by atoms with E-state index in [9.17, 15) is 0 Å². The summed E-state index contributed by atoms with van der Waals surface area (Å²) in [6.07, 6.45) is 7.25. The van der Waals surface area contributed by atoms with Gasteiger partial charge in [-0.15, -0.1) is 0 Å². The molecule has 0 saturated heterocycles. The van der Waals surface area contributed by atoms with Crippen LogP contribution in [0.2, 0.25) is 0 Å². The van der Waals surface area contributed by atoms with Crippen molar-refractivity contribution in [3.05, 3.63) is 110 Å². The number of benzene rings is 1. The van der Waals surface area contributed by atoms with Crippen LogP contribution in [-0.2, 0) is 0 Å². The molecule has 0 unspecified atom stereocenters. The topological polar surface area (TPSA) is 51.6 Å². The molecule has 0 spiro atoms. The molecule has 0 amide bonds. The summed E-state index contributed by atoms with van der Waals surface area (Å²) in [6, 6.07) is 28.0. The van der Waals surface area contributed by atoms with Crippen molar-refractivity contribution in [1.82, 2.24) is 19.9 Å². The number of nitrogens with zero attached hydrogens (tertiary/aromatic N) is 4. The van der Waals surface area contributed by atoms with Crippen LogP contribution in [0.1, 0.15) is 0 Å². The van der Waals surface area contributed by atoms with E-state index in [0.29, 0.717) is 0 Å². The lowest BCUT2D eigenvalue weighted by Gasteiger charge is -2.18. The quantitative estimate of drug-likeness (QED) is 0.384. The minimum Gasteiger partial charge on any atom is -0.256 e. The molecular formula is C26H18N4. The molecule has 4 nitrogen and oxygen atoms in total. The van der Waals surface area contributed by atoms with Gasteiger partial charge < -0.3 is 0 Å². The molecule has 0 aliphatic heterocycles. The zero-order valence-electron chi connectivity index (χ0n) is 16.2. The van der Waals surface area contributed by atoms with Crippen molar-refractivity contribution in [2.75, 3.05) is 0 Å². The van der Waals surface area contributed by atoms with Crippen LogP contribution in [-0.4, -0.2) is 19.9 Å². The van der Waals surface area contributed by atoms with Crippen LogP contribution in [0.3, 0.4) is 0 Å². The van der Waals surface area contributed by atoms with Gasteiger partial charge in [0, 0.05) is 47.0 Å². The molecule has 1 aromatic carbocycles. The highest BCUT2D eigenvalue weighted by molar-refractivity contribution is 5.98. The zero-order valence-corrected chi connectivity index (χ0v) is 16.2. The van der Waals surface area contributed by atoms with E-state index in [1.165, 1.54) is 0 Å². The summed E-state index contributed by atoms with van der Waals surface area (Å²) in [5, 5.41) is 0. The van der Waals surface area contributed by atoms with Crippen LogP contribution in [0.25, 0.3) is 45.0 Å². The highest BCUT2D eigenvalue weighted by Gasteiger charge is 2.21. The van der Waals surface area contributed by atoms with Gasteiger partial charge in [0.15, 0.2) is 0 Å². The average Bonchev–Trinajstić information content (AvgIpc) is 2.85. The van der Waals surface area contributed by atoms with Crippen LogP contribution in [0.5, 0.6) is 0 Å². The second-order valence-electron chi connectivity index (χ2n) is 6.77. The van der Waals surface area contributed by atoms with Gasteiger partial charge in [0.05, 0.1) is 22.8 Å². The first-order chi connectivity index (χ1) is 14.9. The van der Waals surface area contributed by atoms with E-state index in [4.69, 9.17) is 0 Å². The van der Waals surface area contributed by atoms with Gasteiger partial charge in [-0.3, -0.25) is 19.9 Å². The van der Waals surface area contributed by atoms with Gasteiger partial charge >= 0.3 is 0 Å². The molecule has 5 aromatic rings. The standard InChI is InChI=1S/C26H18N4/c1-5-15-27-21(9-1)19-13-14-20(22-10-2-6-16-28-22)26(24-12-4-8-18-30-24)25(19)23-11-3-7-17-29-23/h1-18H. The highest BCUT2D eigenvalue weighted by atomic mass is 14.7. The third-order valence-electron chi connectivity index (χ3n) is 4.93. The summed E-state index contributed by atoms with van der Waals surface area (Å²) in [4.78, 5) is 18.6. The van der Waals surface area contributed by atoms with E-state index in [1.807, 2.05) is 97.6 Å². The summed E-state index contributed by atoms with van der Waals surface area (Å²) >= 11 is 0. The van der Waals surface area contributed by atoms with Crippen molar-refractivity contribution in [3.8, 4) is 45.0 Å². The number of pyridine rings is 4. The van der Waals surface area contributed by atoms with Crippen molar-refractivity contribution < 1.29 is 0 Å². The maximum atomic E-state index is 4.68. The smallest absolute Gasteiger partial charge is 0.0715 e. The summed E-state index contributed by atoms with van der Waals surface area (Å²) in [7, 11) is 0. The number of rotatable bonds is 4. The Morgan fingerprint density at radius 1 is 0.333 bits per heavy atom. The zero-order chi connectivity index (χ0) is 20.2. The predicted octanol–water partition coefficient (Wildman–Crippen LogP) is 5.93. The molecule has 0 atom stereocenters. The Balaban J connectivity index is 1.91. The lowest BCUT2D eigenvalue weighted by Crippen LogP contribution is -1.98. The molecule has 0 fully saturated rings. The van der Waals surface area contributed by atoms with Crippen molar-refractivity contribution >= 4 is 0 Å². The Labute approximate surface area is 175 Å². The largest absolute Gasteiger partial charge is 0.256 e. The van der Waals surface area contributed by atoms with Crippen molar-refractivity contribution in [3.63, 3.8) is 0 Å². The second-order valence-corrected chi connectivity index (χ2v) is 6.77. The van der Waals surface area contributed by atoms with Crippen molar-refractivity contribution in [2.24, 2.45) is 0 Å². The van der Waals surface area contributed by atoms with E-state index < -0.39 is 0 Å². The van der Waals surface area contributed by atoms with Gasteiger partial charge in [-0.05, 0) is 48.5 Å². The van der Waals surface area contributed by atoms with Crippen LogP contribution < -0.4 is 0 Å². The van der Waals surface area contributed by atoms with Crippen molar-refractivity contribution in [2.45, 2.75) is 0 Å². The minimum atomic E-state index is 0.872. The Hall–Kier alpha value is -4.18. The molecule has 4 heterocycles. The summed E-state index contributed by atoms with van der Waals surface area (Å²) in [6.45, 7) is 0. The third kappa shape index (κ3) is 3.35. The normalized spacial score (nSPS) is 10.7. The fraction of sp³-hybridized carbons (Fsp3) is 0. The van der Waals surface area contributed by atoms with E-state index in [2.05, 4.69) is 32.1 Å². The molecule has 0 bridgehead atoms. The molecule has 0 aliphatic rings. The molecule has 0 saturated carbocycles. The second kappa shape index (κ2) is 8.05. The monoisotopic (exact) mass is 386 g/mol.